The number of sulfone groups is 1. The Morgan fingerprint density at radius 3 is 2.18 bits per heavy atom. The smallest absolute Gasteiger partial charge is 0.407 e. The van der Waals surface area contributed by atoms with Crippen LogP contribution in [0.3, 0.4) is 0 Å². The number of carbonyl (C=O) groups is 1. The van der Waals surface area contributed by atoms with E-state index in [1.165, 1.54) is 6.26 Å². The van der Waals surface area contributed by atoms with Crippen LogP contribution < -0.4 is 5.32 Å². The van der Waals surface area contributed by atoms with Gasteiger partial charge in [0.05, 0.1) is 6.61 Å². The highest BCUT2D eigenvalue weighted by Gasteiger charge is 2.34. The largest absolute Gasteiger partial charge is 0.444 e. The summed E-state index contributed by atoms with van der Waals surface area (Å²) < 4.78 is 27.7. The molecule has 22 heavy (non-hydrogen) atoms. The maximum absolute atomic E-state index is 11.8. The Morgan fingerprint density at radius 2 is 1.82 bits per heavy atom. The highest BCUT2D eigenvalue weighted by molar-refractivity contribution is 7.90. The highest BCUT2D eigenvalue weighted by atomic mass is 32.2. The van der Waals surface area contributed by atoms with Crippen molar-refractivity contribution in [2.45, 2.75) is 53.1 Å². The minimum Gasteiger partial charge on any atom is -0.444 e. The Morgan fingerprint density at radius 1 is 1.27 bits per heavy atom. The zero-order chi connectivity index (χ0) is 17.6. The van der Waals surface area contributed by atoms with Crippen molar-refractivity contribution >= 4 is 15.9 Å². The van der Waals surface area contributed by atoms with Crippen LogP contribution >= 0.6 is 0 Å². The van der Waals surface area contributed by atoms with Crippen molar-refractivity contribution in [3.63, 3.8) is 0 Å². The van der Waals surface area contributed by atoms with Crippen LogP contribution in [0.2, 0.25) is 0 Å². The van der Waals surface area contributed by atoms with Gasteiger partial charge in [0.1, 0.15) is 15.4 Å². The predicted molar refractivity (Wildman–Crippen MR) is 87.5 cm³/mol. The minimum atomic E-state index is -3.03. The van der Waals surface area contributed by atoms with Crippen LogP contribution in [0.25, 0.3) is 0 Å². The Kier molecular flexibility index (Phi) is 7.85. The van der Waals surface area contributed by atoms with Gasteiger partial charge >= 0.3 is 6.09 Å². The second-order valence-electron chi connectivity index (χ2n) is 7.26. The molecule has 0 saturated heterocycles. The molecule has 0 saturated carbocycles. The van der Waals surface area contributed by atoms with Gasteiger partial charge in [0.2, 0.25) is 0 Å². The quantitative estimate of drug-likeness (QED) is 0.706. The average molecular weight is 337 g/mol. The predicted octanol–water partition coefficient (Wildman–Crippen LogP) is 1.97. The molecule has 6 nitrogen and oxygen atoms in total. The SMILES string of the molecule is CC(C)C(CO)(CCCS(C)(=O)=O)CNC(=O)OC(C)(C)C. The Labute approximate surface area is 134 Å². The maximum atomic E-state index is 11.8. The number of nitrogens with one attached hydrogen (secondary N) is 1. The first-order valence-electron chi connectivity index (χ1n) is 7.57. The lowest BCUT2D eigenvalue weighted by molar-refractivity contribution is 0.0366. The number of aliphatic hydroxyl groups is 1. The lowest BCUT2D eigenvalue weighted by Crippen LogP contribution is -2.45. The molecule has 0 aromatic heterocycles. The van der Waals surface area contributed by atoms with E-state index in [2.05, 4.69) is 5.32 Å². The molecule has 0 heterocycles. The fourth-order valence-corrected chi connectivity index (χ4v) is 2.82. The fourth-order valence-electron chi connectivity index (χ4n) is 2.15. The molecule has 1 amide bonds. The van der Waals surface area contributed by atoms with Gasteiger partial charge in [-0.05, 0) is 39.5 Å². The molecule has 1 atom stereocenters. The summed E-state index contributed by atoms with van der Waals surface area (Å²) in [5, 5.41) is 12.5. The van der Waals surface area contributed by atoms with Crippen molar-refractivity contribution in [1.29, 1.82) is 0 Å². The molecule has 0 aromatic carbocycles. The zero-order valence-electron chi connectivity index (χ0n) is 14.6. The molecule has 0 spiro atoms. The molecule has 7 heteroatoms. The van der Waals surface area contributed by atoms with Crippen LogP contribution in [-0.4, -0.2) is 50.4 Å². The number of ether oxygens (including phenoxy) is 1. The van der Waals surface area contributed by atoms with Crippen molar-refractivity contribution in [2.24, 2.45) is 11.3 Å². The van der Waals surface area contributed by atoms with Crippen molar-refractivity contribution in [3.8, 4) is 0 Å². The molecule has 0 radical (unpaired) electrons. The van der Waals surface area contributed by atoms with Crippen LogP contribution in [-0.2, 0) is 14.6 Å². The van der Waals surface area contributed by atoms with Gasteiger partial charge in [-0.15, -0.1) is 0 Å². The van der Waals surface area contributed by atoms with E-state index in [1.54, 1.807) is 20.8 Å². The second kappa shape index (κ2) is 8.15. The standard InChI is InChI=1S/C15H31NO5S/c1-12(2)15(11-17,8-7-9-22(6,19)20)10-16-13(18)21-14(3,4)5/h12,17H,7-11H2,1-6H3,(H,16,18). The summed E-state index contributed by atoms with van der Waals surface area (Å²) in [7, 11) is -3.03. The molecule has 0 fully saturated rings. The van der Waals surface area contributed by atoms with Gasteiger partial charge in [-0.25, -0.2) is 13.2 Å². The fraction of sp³-hybridized carbons (Fsp3) is 0.933. The molecule has 0 aliphatic rings. The van der Waals surface area contributed by atoms with E-state index in [1.807, 2.05) is 13.8 Å². The normalized spacial score (nSPS) is 15.5. The van der Waals surface area contributed by atoms with Crippen LogP contribution in [0.5, 0.6) is 0 Å². The number of rotatable bonds is 8. The summed E-state index contributed by atoms with van der Waals surface area (Å²) in [5.41, 5.74) is -1.14. The van der Waals surface area contributed by atoms with E-state index in [0.29, 0.717) is 12.8 Å². The molecule has 132 valence electrons. The molecular formula is C15H31NO5S. The highest BCUT2D eigenvalue weighted by Crippen LogP contribution is 2.32. The van der Waals surface area contributed by atoms with E-state index in [0.717, 1.165) is 0 Å². The van der Waals surface area contributed by atoms with Crippen molar-refractivity contribution < 1.29 is 23.1 Å². The van der Waals surface area contributed by atoms with Crippen LogP contribution in [0, 0.1) is 11.3 Å². The van der Waals surface area contributed by atoms with Gasteiger partial charge < -0.3 is 15.2 Å². The minimum absolute atomic E-state index is 0.0773. The molecule has 0 aromatic rings. The summed E-state index contributed by atoms with van der Waals surface area (Å²) in [4.78, 5) is 11.8. The Balaban J connectivity index is 4.72. The van der Waals surface area contributed by atoms with Crippen LogP contribution in [0.1, 0.15) is 47.5 Å². The van der Waals surface area contributed by atoms with Gasteiger partial charge in [-0.1, -0.05) is 13.8 Å². The molecular weight excluding hydrogens is 306 g/mol. The van der Waals surface area contributed by atoms with Gasteiger partial charge in [0.25, 0.3) is 0 Å². The zero-order valence-corrected chi connectivity index (χ0v) is 15.4. The number of hydrogen-bond acceptors (Lipinski definition) is 5. The third-order valence-electron chi connectivity index (χ3n) is 3.71. The summed E-state index contributed by atoms with van der Waals surface area (Å²) in [6, 6.07) is 0. The number of alkyl carbamates (subject to hydrolysis) is 1. The first kappa shape index (κ1) is 21.2. The third-order valence-corrected chi connectivity index (χ3v) is 4.74. The van der Waals surface area contributed by atoms with Crippen molar-refractivity contribution in [1.82, 2.24) is 5.32 Å². The topological polar surface area (TPSA) is 92.7 Å². The van der Waals surface area contributed by atoms with Crippen LogP contribution in [0.4, 0.5) is 4.79 Å². The van der Waals surface area contributed by atoms with E-state index >= 15 is 0 Å². The Bertz CT molecular complexity index is 453. The van der Waals surface area contributed by atoms with Crippen molar-refractivity contribution in [2.75, 3.05) is 25.2 Å². The van der Waals surface area contributed by atoms with Crippen LogP contribution in [0.15, 0.2) is 0 Å². The van der Waals surface area contributed by atoms with E-state index in [-0.39, 0.29) is 24.8 Å². The molecule has 2 N–H and O–H groups in total. The van der Waals surface area contributed by atoms with Gasteiger partial charge in [-0.2, -0.15) is 0 Å². The third kappa shape index (κ3) is 8.58. The first-order valence-corrected chi connectivity index (χ1v) is 9.63. The van der Waals surface area contributed by atoms with E-state index in [9.17, 15) is 18.3 Å². The van der Waals surface area contributed by atoms with Gasteiger partial charge in [0.15, 0.2) is 0 Å². The maximum Gasteiger partial charge on any atom is 0.407 e. The number of aliphatic hydroxyl groups excluding tert-OH is 1. The molecule has 0 rings (SSSR count). The molecule has 0 aliphatic heterocycles. The first-order chi connectivity index (χ1) is 9.81. The van der Waals surface area contributed by atoms with E-state index < -0.39 is 26.9 Å². The molecule has 0 bridgehead atoms. The second-order valence-corrected chi connectivity index (χ2v) is 9.52. The number of hydrogen-bond donors (Lipinski definition) is 2. The lowest BCUT2D eigenvalue weighted by atomic mass is 9.74. The van der Waals surface area contributed by atoms with Gasteiger partial charge in [-0.3, -0.25) is 0 Å². The molecule has 0 aliphatic carbocycles. The van der Waals surface area contributed by atoms with Gasteiger partial charge in [0, 0.05) is 24.0 Å². The molecule has 1 unspecified atom stereocenters. The summed E-state index contributed by atoms with van der Waals surface area (Å²) >= 11 is 0. The average Bonchev–Trinajstić information content (AvgIpc) is 2.29. The monoisotopic (exact) mass is 337 g/mol. The number of amides is 1. The Hall–Kier alpha value is -0.820. The lowest BCUT2D eigenvalue weighted by Gasteiger charge is -2.36. The summed E-state index contributed by atoms with van der Waals surface area (Å²) in [6.45, 7) is 9.37. The summed E-state index contributed by atoms with van der Waals surface area (Å²) in [6.07, 6.45) is 1.63. The van der Waals surface area contributed by atoms with Crippen molar-refractivity contribution in [3.05, 3.63) is 0 Å². The summed E-state index contributed by atoms with van der Waals surface area (Å²) in [5.74, 6) is 0.167. The number of carbonyl (C=O) groups excluding carboxylic acids is 1. The van der Waals surface area contributed by atoms with E-state index in [4.69, 9.17) is 4.74 Å².